The standard InChI is InChI=1S/C16H17ClN2O2/c17-12-8-7-11(15-10(12)4-3-9-18-15)16(21)19-13-5-1-2-6-14(13)20/h3-4,7-9,13-14,20H,1-2,5-6H2,(H,19,21). The number of carbonyl (C=O) groups is 1. The van der Waals surface area contributed by atoms with Crippen molar-refractivity contribution >= 4 is 28.4 Å². The van der Waals surface area contributed by atoms with Crippen LogP contribution in [0, 0.1) is 0 Å². The van der Waals surface area contributed by atoms with E-state index >= 15 is 0 Å². The molecule has 1 heterocycles. The number of pyridine rings is 1. The predicted molar refractivity (Wildman–Crippen MR) is 82.5 cm³/mol. The van der Waals surface area contributed by atoms with Crippen LogP contribution in [0.15, 0.2) is 30.5 Å². The Morgan fingerprint density at radius 3 is 2.90 bits per heavy atom. The molecule has 0 aliphatic heterocycles. The Morgan fingerprint density at radius 2 is 2.10 bits per heavy atom. The maximum atomic E-state index is 12.5. The van der Waals surface area contributed by atoms with Gasteiger partial charge in [-0.1, -0.05) is 24.4 Å². The number of carbonyl (C=O) groups excluding carboxylic acids is 1. The van der Waals surface area contributed by atoms with Crippen molar-refractivity contribution in [2.24, 2.45) is 0 Å². The fourth-order valence-corrected chi connectivity index (χ4v) is 3.06. The molecule has 1 fully saturated rings. The summed E-state index contributed by atoms with van der Waals surface area (Å²) in [4.78, 5) is 16.7. The van der Waals surface area contributed by atoms with Crippen LogP contribution in [0.25, 0.3) is 10.9 Å². The zero-order valence-electron chi connectivity index (χ0n) is 11.6. The lowest BCUT2D eigenvalue weighted by Crippen LogP contribution is -2.45. The van der Waals surface area contributed by atoms with Crippen LogP contribution < -0.4 is 5.32 Å². The van der Waals surface area contributed by atoms with Crippen LogP contribution >= 0.6 is 11.6 Å². The number of aliphatic hydroxyl groups is 1. The summed E-state index contributed by atoms with van der Waals surface area (Å²) in [5.74, 6) is -0.207. The van der Waals surface area contributed by atoms with E-state index in [0.29, 0.717) is 16.1 Å². The Labute approximate surface area is 128 Å². The molecule has 2 N–H and O–H groups in total. The van der Waals surface area contributed by atoms with Crippen molar-refractivity contribution in [1.29, 1.82) is 0 Å². The number of aliphatic hydroxyl groups excluding tert-OH is 1. The van der Waals surface area contributed by atoms with Crippen molar-refractivity contribution in [3.8, 4) is 0 Å². The van der Waals surface area contributed by atoms with Crippen LogP contribution in [0.5, 0.6) is 0 Å². The molecule has 21 heavy (non-hydrogen) atoms. The van der Waals surface area contributed by atoms with Gasteiger partial charge >= 0.3 is 0 Å². The van der Waals surface area contributed by atoms with Crippen molar-refractivity contribution in [3.05, 3.63) is 41.0 Å². The van der Waals surface area contributed by atoms with Gasteiger partial charge in [0.2, 0.25) is 0 Å². The van der Waals surface area contributed by atoms with Gasteiger partial charge in [-0.15, -0.1) is 0 Å². The number of nitrogens with one attached hydrogen (secondary N) is 1. The van der Waals surface area contributed by atoms with Crippen LogP contribution in [-0.2, 0) is 0 Å². The fourth-order valence-electron chi connectivity index (χ4n) is 2.85. The van der Waals surface area contributed by atoms with E-state index in [0.717, 1.165) is 31.1 Å². The lowest BCUT2D eigenvalue weighted by molar-refractivity contribution is 0.0718. The number of fused-ring (bicyclic) bond motifs is 1. The highest BCUT2D eigenvalue weighted by Gasteiger charge is 2.25. The third kappa shape index (κ3) is 2.87. The molecule has 1 aromatic carbocycles. The number of aromatic nitrogens is 1. The van der Waals surface area contributed by atoms with Gasteiger partial charge in [-0.3, -0.25) is 9.78 Å². The second-order valence-corrected chi connectivity index (χ2v) is 5.83. The molecule has 5 heteroatoms. The van der Waals surface area contributed by atoms with Gasteiger partial charge in [-0.2, -0.15) is 0 Å². The van der Waals surface area contributed by atoms with Crippen LogP contribution in [0.4, 0.5) is 0 Å². The average Bonchev–Trinajstić information content (AvgIpc) is 2.50. The molecule has 0 radical (unpaired) electrons. The molecule has 1 aliphatic carbocycles. The van der Waals surface area contributed by atoms with E-state index in [9.17, 15) is 9.90 Å². The van der Waals surface area contributed by atoms with Crippen molar-refractivity contribution < 1.29 is 9.90 Å². The van der Waals surface area contributed by atoms with E-state index < -0.39 is 6.10 Å². The van der Waals surface area contributed by atoms with Gasteiger partial charge < -0.3 is 10.4 Å². The Kier molecular flexibility index (Phi) is 4.08. The third-order valence-electron chi connectivity index (χ3n) is 4.01. The quantitative estimate of drug-likeness (QED) is 0.896. The molecular weight excluding hydrogens is 288 g/mol. The number of hydrogen-bond donors (Lipinski definition) is 2. The Bertz CT molecular complexity index is 674. The molecule has 1 amide bonds. The van der Waals surface area contributed by atoms with Crippen LogP contribution in [0.2, 0.25) is 5.02 Å². The zero-order valence-corrected chi connectivity index (χ0v) is 12.3. The van der Waals surface area contributed by atoms with Crippen molar-refractivity contribution in [2.45, 2.75) is 37.8 Å². The first kappa shape index (κ1) is 14.3. The van der Waals surface area contributed by atoms with Gasteiger partial charge in [-0.25, -0.2) is 0 Å². The lowest BCUT2D eigenvalue weighted by Gasteiger charge is -2.28. The highest BCUT2D eigenvalue weighted by atomic mass is 35.5. The Balaban J connectivity index is 1.89. The Hall–Kier alpha value is -1.65. The minimum Gasteiger partial charge on any atom is -0.391 e. The summed E-state index contributed by atoms with van der Waals surface area (Å²) in [5, 5.41) is 14.2. The monoisotopic (exact) mass is 304 g/mol. The van der Waals surface area contributed by atoms with Crippen LogP contribution in [0.1, 0.15) is 36.0 Å². The first-order valence-corrected chi connectivity index (χ1v) is 7.57. The summed E-state index contributed by atoms with van der Waals surface area (Å²) in [6.07, 6.45) is 4.77. The third-order valence-corrected chi connectivity index (χ3v) is 4.34. The van der Waals surface area contributed by atoms with Gasteiger partial charge in [0.1, 0.15) is 0 Å². The molecule has 1 saturated carbocycles. The van der Waals surface area contributed by atoms with E-state index in [2.05, 4.69) is 10.3 Å². The highest BCUT2D eigenvalue weighted by Crippen LogP contribution is 2.25. The number of amides is 1. The minimum absolute atomic E-state index is 0.180. The summed E-state index contributed by atoms with van der Waals surface area (Å²) >= 11 is 6.14. The molecule has 0 saturated heterocycles. The largest absolute Gasteiger partial charge is 0.391 e. The summed E-state index contributed by atoms with van der Waals surface area (Å²) in [6, 6.07) is 6.85. The second-order valence-electron chi connectivity index (χ2n) is 5.43. The first-order valence-electron chi connectivity index (χ1n) is 7.19. The van der Waals surface area contributed by atoms with Gasteiger partial charge in [0, 0.05) is 11.6 Å². The van der Waals surface area contributed by atoms with Crippen molar-refractivity contribution in [1.82, 2.24) is 10.3 Å². The molecule has 110 valence electrons. The summed E-state index contributed by atoms with van der Waals surface area (Å²) < 4.78 is 0. The molecule has 0 bridgehead atoms. The maximum absolute atomic E-state index is 12.5. The average molecular weight is 305 g/mol. The van der Waals surface area contributed by atoms with E-state index in [4.69, 9.17) is 11.6 Å². The normalized spacial score (nSPS) is 22.2. The Morgan fingerprint density at radius 1 is 1.29 bits per heavy atom. The zero-order chi connectivity index (χ0) is 14.8. The molecule has 2 aromatic rings. The number of halogens is 1. The van der Waals surface area contributed by atoms with E-state index in [1.165, 1.54) is 0 Å². The minimum atomic E-state index is -0.464. The number of nitrogens with zero attached hydrogens (tertiary/aromatic N) is 1. The molecular formula is C16H17ClN2O2. The highest BCUT2D eigenvalue weighted by molar-refractivity contribution is 6.36. The van der Waals surface area contributed by atoms with Gasteiger partial charge in [0.05, 0.1) is 28.2 Å². The van der Waals surface area contributed by atoms with E-state index in [1.54, 1.807) is 24.4 Å². The molecule has 1 aliphatic rings. The maximum Gasteiger partial charge on any atom is 0.253 e. The van der Waals surface area contributed by atoms with Crippen molar-refractivity contribution in [3.63, 3.8) is 0 Å². The van der Waals surface area contributed by atoms with E-state index in [1.807, 2.05) is 6.07 Å². The van der Waals surface area contributed by atoms with Gasteiger partial charge in [0.25, 0.3) is 5.91 Å². The van der Waals surface area contributed by atoms with Gasteiger partial charge in [0.15, 0.2) is 0 Å². The molecule has 2 atom stereocenters. The predicted octanol–water partition coefficient (Wildman–Crippen LogP) is 2.92. The molecule has 2 unspecified atom stereocenters. The number of rotatable bonds is 2. The fraction of sp³-hybridized carbons (Fsp3) is 0.375. The van der Waals surface area contributed by atoms with Crippen LogP contribution in [0.3, 0.4) is 0 Å². The molecule has 0 spiro atoms. The van der Waals surface area contributed by atoms with Gasteiger partial charge in [-0.05, 0) is 37.1 Å². The van der Waals surface area contributed by atoms with E-state index in [-0.39, 0.29) is 11.9 Å². The molecule has 3 rings (SSSR count). The summed E-state index contributed by atoms with van der Waals surface area (Å²) in [5.41, 5.74) is 1.08. The number of benzene rings is 1. The topological polar surface area (TPSA) is 62.2 Å². The van der Waals surface area contributed by atoms with Crippen LogP contribution in [-0.4, -0.2) is 28.1 Å². The van der Waals surface area contributed by atoms with Crippen molar-refractivity contribution in [2.75, 3.05) is 0 Å². The summed E-state index contributed by atoms with van der Waals surface area (Å²) in [6.45, 7) is 0. The molecule has 1 aromatic heterocycles. The molecule has 4 nitrogen and oxygen atoms in total. The SMILES string of the molecule is O=C(NC1CCCCC1O)c1ccc(Cl)c2cccnc12. The first-order chi connectivity index (χ1) is 10.2. The number of hydrogen-bond acceptors (Lipinski definition) is 3. The second kappa shape index (κ2) is 6.00. The smallest absolute Gasteiger partial charge is 0.253 e. The lowest BCUT2D eigenvalue weighted by atomic mass is 9.92. The summed E-state index contributed by atoms with van der Waals surface area (Å²) in [7, 11) is 0.